The molecule has 292 valence electrons. The van der Waals surface area contributed by atoms with Crippen LogP contribution in [0, 0.1) is 11.3 Å². The molecule has 5 N–H and O–H groups in total. The quantitative estimate of drug-likeness (QED) is 0.135. The molecule has 1 aromatic heterocycles. The number of rotatable bonds is 11. The van der Waals surface area contributed by atoms with E-state index in [-0.39, 0.29) is 19.4 Å². The number of ether oxygens (including phenoxy) is 2. The van der Waals surface area contributed by atoms with Gasteiger partial charge in [0.1, 0.15) is 35.2 Å². The van der Waals surface area contributed by atoms with Crippen molar-refractivity contribution in [3.63, 3.8) is 0 Å². The van der Waals surface area contributed by atoms with Gasteiger partial charge in [-0.3, -0.25) is 9.59 Å². The van der Waals surface area contributed by atoms with Gasteiger partial charge in [-0.1, -0.05) is 81.4 Å². The van der Waals surface area contributed by atoms with Gasteiger partial charge in [0.05, 0.1) is 37.0 Å². The van der Waals surface area contributed by atoms with E-state index in [1.54, 1.807) is 19.2 Å². The van der Waals surface area contributed by atoms with Gasteiger partial charge >= 0.3 is 12.0 Å². The third-order valence-electron chi connectivity index (χ3n) is 11.1. The van der Waals surface area contributed by atoms with E-state index in [4.69, 9.17) is 14.5 Å². The number of carboxylic acids is 1. The number of aliphatic hydroxyl groups is 1. The molecule has 56 heavy (non-hydrogen) atoms. The van der Waals surface area contributed by atoms with Gasteiger partial charge in [-0.15, -0.1) is 6.58 Å². The molecule has 0 radical (unpaired) electrons. The van der Waals surface area contributed by atoms with Gasteiger partial charge in [-0.25, -0.2) is 14.6 Å². The van der Waals surface area contributed by atoms with Crippen molar-refractivity contribution >= 4 is 34.7 Å². The van der Waals surface area contributed by atoms with E-state index in [1.165, 1.54) is 11.0 Å². The molecule has 4 amide bonds. The number of benzene rings is 3. The molecule has 0 bridgehead atoms. The molecule has 2 aliphatic carbocycles. The Bertz CT molecular complexity index is 2190. The maximum absolute atomic E-state index is 14.4. The second-order valence-electron chi connectivity index (χ2n) is 15.9. The maximum atomic E-state index is 14.4. The molecular weight excluding hydrogens is 714 g/mol. The van der Waals surface area contributed by atoms with Crippen LogP contribution in [0.1, 0.15) is 50.8 Å². The van der Waals surface area contributed by atoms with Crippen molar-refractivity contribution in [3.8, 4) is 22.8 Å². The Labute approximate surface area is 325 Å². The minimum atomic E-state index is -1.53. The number of amides is 4. The third-order valence-corrected chi connectivity index (χ3v) is 11.1. The fourth-order valence-electron chi connectivity index (χ4n) is 7.88. The van der Waals surface area contributed by atoms with E-state index in [9.17, 15) is 29.4 Å². The highest BCUT2D eigenvalue weighted by Gasteiger charge is 2.61. The number of hydrogen-bond acceptors (Lipinski definition) is 8. The van der Waals surface area contributed by atoms with Crippen molar-refractivity contribution < 1.29 is 38.9 Å². The Morgan fingerprint density at radius 3 is 2.45 bits per heavy atom. The largest absolute Gasteiger partial charge is 0.497 e. The monoisotopic (exact) mass is 761 g/mol. The topological polar surface area (TPSA) is 179 Å². The molecule has 2 heterocycles. The summed E-state index contributed by atoms with van der Waals surface area (Å²) in [6.07, 6.45) is 0.541. The molecule has 4 aromatic rings. The summed E-state index contributed by atoms with van der Waals surface area (Å²) in [6.45, 7) is 9.10. The number of carbonyl (C=O) groups excluding carboxylic acids is 3. The summed E-state index contributed by atoms with van der Waals surface area (Å²) in [5, 5.41) is 30.2. The van der Waals surface area contributed by atoms with Crippen LogP contribution in [0.4, 0.5) is 4.79 Å². The number of methoxy groups -OCH3 is 1. The zero-order chi connectivity index (χ0) is 39.9. The molecule has 7 atom stereocenters. The van der Waals surface area contributed by atoms with Gasteiger partial charge in [-0.2, -0.15) is 0 Å². The van der Waals surface area contributed by atoms with E-state index < -0.39 is 71.0 Å². The zero-order valence-corrected chi connectivity index (χ0v) is 31.8. The lowest BCUT2D eigenvalue weighted by Crippen LogP contribution is -2.60. The predicted octanol–water partition coefficient (Wildman–Crippen LogP) is 4.78. The predicted molar refractivity (Wildman–Crippen MR) is 209 cm³/mol. The first-order chi connectivity index (χ1) is 26.7. The minimum Gasteiger partial charge on any atom is -0.497 e. The van der Waals surface area contributed by atoms with Gasteiger partial charge < -0.3 is 40.5 Å². The minimum absolute atomic E-state index is 0.0335. The summed E-state index contributed by atoms with van der Waals surface area (Å²) in [4.78, 5) is 61.0. The maximum Gasteiger partial charge on any atom is 0.330 e. The first-order valence-electron chi connectivity index (χ1n) is 18.7. The average molecular weight is 762 g/mol. The van der Waals surface area contributed by atoms with Crippen LogP contribution >= 0.6 is 0 Å². The molecule has 2 fully saturated rings. The fourth-order valence-corrected chi connectivity index (χ4v) is 7.88. The second-order valence-corrected chi connectivity index (χ2v) is 15.9. The summed E-state index contributed by atoms with van der Waals surface area (Å²) >= 11 is 0. The van der Waals surface area contributed by atoms with Crippen LogP contribution in [0.15, 0.2) is 91.5 Å². The molecule has 13 heteroatoms. The van der Waals surface area contributed by atoms with E-state index in [2.05, 4.69) is 22.5 Å². The van der Waals surface area contributed by atoms with Crippen LogP contribution in [-0.2, 0) is 20.8 Å². The van der Waals surface area contributed by atoms with E-state index in [1.807, 2.05) is 87.5 Å². The first-order valence-corrected chi connectivity index (χ1v) is 18.7. The molecule has 0 spiro atoms. The average Bonchev–Trinajstić information content (AvgIpc) is 3.59. The number of likely N-dealkylation sites (tertiary alicyclic amines) is 1. The van der Waals surface area contributed by atoms with Crippen LogP contribution in [0.5, 0.6) is 11.5 Å². The van der Waals surface area contributed by atoms with Gasteiger partial charge in [0.25, 0.3) is 0 Å². The number of nitrogens with zero attached hydrogens (tertiary/aromatic N) is 2. The van der Waals surface area contributed by atoms with Gasteiger partial charge in [0, 0.05) is 41.8 Å². The molecule has 7 rings (SSSR count). The molecule has 1 aliphatic heterocycles. The second kappa shape index (κ2) is 14.9. The van der Waals surface area contributed by atoms with Gasteiger partial charge in [0.2, 0.25) is 11.8 Å². The van der Waals surface area contributed by atoms with E-state index >= 15 is 0 Å². The van der Waals surface area contributed by atoms with E-state index in [0.717, 1.165) is 16.7 Å². The van der Waals surface area contributed by atoms with Crippen LogP contribution in [0.2, 0.25) is 0 Å². The standard InChI is InChI=1S/C43H47N5O8/c1-6-26-22-43(26,40(52)53)47-38(50)33-20-28(56-35-21-31(24-12-8-7-9-13-24)44-32-19-27(55-5)16-17-30(32)35)23-48(33)41(54)46-37(42(2,3)4)39(51)45-36-29-15-11-10-14-25(29)18-34(36)49/h6-17,19,21,26,28,33-34,36-37,49H,1,18,20,22-23H2,2-5H3,(H,45,51)(H,46,54)(H,47,50)(H,52,53). The number of aliphatic carboxylic acids is 1. The number of aromatic nitrogens is 1. The highest BCUT2D eigenvalue weighted by Crippen LogP contribution is 2.45. The Morgan fingerprint density at radius 2 is 1.77 bits per heavy atom. The Hall–Kier alpha value is -5.95. The lowest BCUT2D eigenvalue weighted by Gasteiger charge is -2.34. The molecule has 3 aromatic carbocycles. The molecule has 1 saturated carbocycles. The van der Waals surface area contributed by atoms with Crippen LogP contribution < -0.4 is 25.4 Å². The SMILES string of the molecule is C=CC1CC1(NC(=O)C1CC(Oc2cc(-c3ccccc3)nc3cc(OC)ccc23)CN1C(=O)NC(C(=O)NC1c2ccccc2CC1O)C(C)(C)C)C(=O)O. The summed E-state index contributed by atoms with van der Waals surface area (Å²) in [5.74, 6) is -1.73. The van der Waals surface area contributed by atoms with Crippen molar-refractivity contribution in [1.29, 1.82) is 0 Å². The van der Waals surface area contributed by atoms with Gasteiger partial charge in [0.15, 0.2) is 0 Å². The van der Waals surface area contributed by atoms with Crippen molar-refractivity contribution in [3.05, 3.63) is 103 Å². The lowest BCUT2D eigenvalue weighted by atomic mass is 9.86. The number of urea groups is 1. The first kappa shape index (κ1) is 38.3. The number of pyridine rings is 1. The molecule has 7 unspecified atom stereocenters. The summed E-state index contributed by atoms with van der Waals surface area (Å²) < 4.78 is 12.1. The summed E-state index contributed by atoms with van der Waals surface area (Å²) in [7, 11) is 1.57. The highest BCUT2D eigenvalue weighted by molar-refractivity contribution is 5.96. The van der Waals surface area contributed by atoms with Gasteiger partial charge in [-0.05, 0) is 35.1 Å². The fraction of sp³-hybridized carbons (Fsp3) is 0.372. The molecular formula is C43H47N5O8. The molecule has 1 saturated heterocycles. The zero-order valence-electron chi connectivity index (χ0n) is 31.8. The number of fused-ring (bicyclic) bond motifs is 2. The van der Waals surface area contributed by atoms with Crippen molar-refractivity contribution in [2.24, 2.45) is 11.3 Å². The highest BCUT2D eigenvalue weighted by atomic mass is 16.5. The van der Waals surface area contributed by atoms with Crippen LogP contribution in [0.3, 0.4) is 0 Å². The number of nitrogens with one attached hydrogen (secondary N) is 3. The third kappa shape index (κ3) is 7.38. The van der Waals surface area contributed by atoms with Crippen LogP contribution in [-0.4, -0.2) is 87.4 Å². The Morgan fingerprint density at radius 1 is 1.04 bits per heavy atom. The number of aliphatic hydroxyl groups excluding tert-OH is 1. The van der Waals surface area contributed by atoms with Crippen molar-refractivity contribution in [2.45, 2.75) is 75.9 Å². The number of carbonyl (C=O) groups is 4. The Kier molecular flexibility index (Phi) is 10.2. The van der Waals surface area contributed by atoms with E-state index in [0.29, 0.717) is 34.5 Å². The number of hydrogen-bond donors (Lipinski definition) is 5. The molecule has 13 nitrogen and oxygen atoms in total. The Balaban J connectivity index is 1.18. The smallest absolute Gasteiger partial charge is 0.330 e. The van der Waals surface area contributed by atoms with Crippen molar-refractivity contribution in [2.75, 3.05) is 13.7 Å². The summed E-state index contributed by atoms with van der Waals surface area (Å²) in [6, 6.07) is 20.7. The number of carboxylic acid groups (broad SMARTS) is 1. The van der Waals surface area contributed by atoms with Crippen molar-refractivity contribution in [1.82, 2.24) is 25.8 Å². The summed E-state index contributed by atoms with van der Waals surface area (Å²) in [5.41, 5.74) is 1.54. The lowest BCUT2D eigenvalue weighted by molar-refractivity contribution is -0.144. The normalized spacial score (nSPS) is 24.4. The molecule has 3 aliphatic rings. The van der Waals surface area contributed by atoms with Crippen LogP contribution in [0.25, 0.3) is 22.2 Å².